The first-order valence-corrected chi connectivity index (χ1v) is 9.92. The zero-order chi connectivity index (χ0) is 22.9. The number of nitrogens with one attached hydrogen (secondary N) is 3. The number of rotatable bonds is 5. The van der Waals surface area contributed by atoms with E-state index in [4.69, 9.17) is 4.42 Å². The van der Waals surface area contributed by atoms with E-state index in [-0.39, 0.29) is 23.8 Å². The van der Waals surface area contributed by atoms with Gasteiger partial charge in [-0.05, 0) is 36.4 Å². The average Bonchev–Trinajstić information content (AvgIpc) is 3.43. The molecule has 2 aromatic heterocycles. The third-order valence-corrected chi connectivity index (χ3v) is 5.06. The maximum Gasteiger partial charge on any atom is 0.410 e. The van der Waals surface area contributed by atoms with Crippen molar-refractivity contribution in [2.45, 2.75) is 38.0 Å². The van der Waals surface area contributed by atoms with E-state index in [1.165, 1.54) is 12.3 Å². The number of hydrogen-bond donors (Lipinski definition) is 3. The van der Waals surface area contributed by atoms with E-state index in [0.29, 0.717) is 23.6 Å². The Kier molecular flexibility index (Phi) is 5.64. The summed E-state index contributed by atoms with van der Waals surface area (Å²) in [6, 6.07) is 8.22. The van der Waals surface area contributed by atoms with Crippen molar-refractivity contribution < 1.29 is 27.2 Å². The summed E-state index contributed by atoms with van der Waals surface area (Å²) in [4.78, 5) is 24.1. The molecule has 0 radical (unpaired) electrons. The first-order valence-electron chi connectivity index (χ1n) is 9.92. The van der Waals surface area contributed by atoms with Crippen LogP contribution < -0.4 is 16.0 Å². The number of alkyl halides is 3. The highest BCUT2D eigenvalue weighted by Crippen LogP contribution is 2.43. The predicted molar refractivity (Wildman–Crippen MR) is 110 cm³/mol. The molecular weight excluding hydrogens is 427 g/mol. The Hall–Kier alpha value is -3.76. The molecule has 4 rings (SSSR count). The van der Waals surface area contributed by atoms with Crippen LogP contribution in [-0.2, 0) is 4.79 Å². The summed E-state index contributed by atoms with van der Waals surface area (Å²) in [7, 11) is 0. The number of halogens is 3. The topological polar surface area (TPSA) is 101 Å². The molecule has 3 aromatic rings. The molecule has 0 fully saturated rings. The van der Waals surface area contributed by atoms with Crippen LogP contribution in [-0.4, -0.2) is 27.8 Å². The summed E-state index contributed by atoms with van der Waals surface area (Å²) in [6.45, 7) is 1.73. The van der Waals surface area contributed by atoms with E-state index in [1.807, 2.05) is 0 Å². The molecule has 11 heteroatoms. The van der Waals surface area contributed by atoms with E-state index in [2.05, 4.69) is 21.0 Å². The minimum Gasteiger partial charge on any atom is -0.467 e. The lowest BCUT2D eigenvalue weighted by atomic mass is 10.0. The van der Waals surface area contributed by atoms with Gasteiger partial charge < -0.3 is 20.4 Å². The zero-order valence-corrected chi connectivity index (χ0v) is 16.9. The van der Waals surface area contributed by atoms with E-state index < -0.39 is 24.2 Å². The second kappa shape index (κ2) is 8.40. The Morgan fingerprint density at radius 3 is 2.47 bits per heavy atom. The zero-order valence-electron chi connectivity index (χ0n) is 16.9. The highest BCUT2D eigenvalue weighted by molar-refractivity contribution is 6.03. The SMILES string of the molecule is CCC(=O)Nc1ccc(NC(=O)c2cc3n(n2)C(C(F)(F)F)CC(c2ccco2)N3)cc1. The first kappa shape index (κ1) is 21.5. The molecule has 0 saturated carbocycles. The van der Waals surface area contributed by atoms with Crippen LogP contribution in [0.4, 0.5) is 30.4 Å². The van der Waals surface area contributed by atoms with Crippen LogP contribution in [0.3, 0.4) is 0 Å². The Labute approximate surface area is 180 Å². The molecule has 168 valence electrons. The predicted octanol–water partition coefficient (Wildman–Crippen LogP) is 4.74. The van der Waals surface area contributed by atoms with Crippen LogP contribution >= 0.6 is 0 Å². The van der Waals surface area contributed by atoms with Crippen LogP contribution in [0.2, 0.25) is 0 Å². The van der Waals surface area contributed by atoms with Gasteiger partial charge in [-0.3, -0.25) is 9.59 Å². The van der Waals surface area contributed by atoms with Crippen LogP contribution in [0.5, 0.6) is 0 Å². The number of anilines is 3. The van der Waals surface area contributed by atoms with Crippen LogP contribution in [0.25, 0.3) is 0 Å². The number of benzene rings is 1. The maximum atomic E-state index is 13.7. The number of carbonyl (C=O) groups excluding carboxylic acids is 2. The third-order valence-electron chi connectivity index (χ3n) is 5.06. The van der Waals surface area contributed by atoms with Gasteiger partial charge >= 0.3 is 6.18 Å². The molecule has 32 heavy (non-hydrogen) atoms. The second-order valence-electron chi connectivity index (χ2n) is 7.30. The number of furan rings is 1. The van der Waals surface area contributed by atoms with Crippen molar-refractivity contribution in [1.82, 2.24) is 9.78 Å². The van der Waals surface area contributed by atoms with Gasteiger partial charge in [-0.15, -0.1) is 0 Å². The van der Waals surface area contributed by atoms with Gasteiger partial charge in [0, 0.05) is 30.3 Å². The van der Waals surface area contributed by atoms with Crippen molar-refractivity contribution in [1.29, 1.82) is 0 Å². The molecule has 0 bridgehead atoms. The standard InChI is InChI=1S/C21H20F3N5O3/c1-2-19(30)25-12-5-7-13(8-6-12)26-20(31)15-11-18-27-14(16-4-3-9-32-16)10-17(21(22,23)24)29(18)28-15/h3-9,11,14,17,27H,2,10H2,1H3,(H,25,30)(H,26,31). The minimum absolute atomic E-state index is 0.0720. The average molecular weight is 447 g/mol. The lowest BCUT2D eigenvalue weighted by Gasteiger charge is -2.32. The van der Waals surface area contributed by atoms with Gasteiger partial charge in [-0.1, -0.05) is 6.92 Å². The van der Waals surface area contributed by atoms with Gasteiger partial charge in [-0.2, -0.15) is 18.3 Å². The summed E-state index contributed by atoms with van der Waals surface area (Å²) in [6.07, 6.45) is -3.15. The first-order chi connectivity index (χ1) is 15.2. The normalized spacial score (nSPS) is 17.9. The number of aromatic nitrogens is 2. The van der Waals surface area contributed by atoms with E-state index in [1.54, 1.807) is 43.3 Å². The second-order valence-corrected chi connectivity index (χ2v) is 7.30. The monoisotopic (exact) mass is 447 g/mol. The molecule has 0 saturated heterocycles. The molecule has 3 N–H and O–H groups in total. The largest absolute Gasteiger partial charge is 0.467 e. The molecule has 8 nitrogen and oxygen atoms in total. The molecule has 2 amide bonds. The maximum absolute atomic E-state index is 13.7. The van der Waals surface area contributed by atoms with Crippen molar-refractivity contribution in [3.63, 3.8) is 0 Å². The van der Waals surface area contributed by atoms with Crippen molar-refractivity contribution in [3.05, 3.63) is 60.2 Å². The molecule has 1 aliphatic rings. The molecule has 1 aromatic carbocycles. The van der Waals surface area contributed by atoms with Gasteiger partial charge in [0.2, 0.25) is 5.91 Å². The Bertz CT molecular complexity index is 1110. The quantitative estimate of drug-likeness (QED) is 0.525. The van der Waals surface area contributed by atoms with Crippen LogP contribution in [0, 0.1) is 0 Å². The molecule has 0 aliphatic carbocycles. The molecule has 2 unspecified atom stereocenters. The number of amides is 2. The molecule has 0 spiro atoms. The van der Waals surface area contributed by atoms with E-state index in [9.17, 15) is 22.8 Å². The number of hydrogen-bond acceptors (Lipinski definition) is 5. The van der Waals surface area contributed by atoms with Gasteiger partial charge in [0.25, 0.3) is 5.91 Å². The van der Waals surface area contributed by atoms with Gasteiger partial charge in [0.15, 0.2) is 11.7 Å². The number of fused-ring (bicyclic) bond motifs is 1. The minimum atomic E-state index is -4.56. The highest BCUT2D eigenvalue weighted by atomic mass is 19.4. The van der Waals surface area contributed by atoms with Gasteiger partial charge in [0.05, 0.1) is 12.3 Å². The summed E-state index contributed by atoms with van der Waals surface area (Å²) >= 11 is 0. The lowest BCUT2D eigenvalue weighted by Crippen LogP contribution is -2.35. The summed E-state index contributed by atoms with van der Waals surface area (Å²) in [5, 5.41) is 12.2. The van der Waals surface area contributed by atoms with Crippen molar-refractivity contribution in [2.75, 3.05) is 16.0 Å². The summed E-state index contributed by atoms with van der Waals surface area (Å²) < 4.78 is 47.1. The fourth-order valence-corrected chi connectivity index (χ4v) is 3.44. The summed E-state index contributed by atoms with van der Waals surface area (Å²) in [5.41, 5.74) is 0.808. The number of carbonyl (C=O) groups is 2. The van der Waals surface area contributed by atoms with Gasteiger partial charge in [-0.25, -0.2) is 4.68 Å². The Balaban J connectivity index is 1.53. The number of nitrogens with zero attached hydrogens (tertiary/aromatic N) is 2. The third kappa shape index (κ3) is 4.46. The lowest BCUT2D eigenvalue weighted by molar-refractivity contribution is -0.174. The fourth-order valence-electron chi connectivity index (χ4n) is 3.44. The highest BCUT2D eigenvalue weighted by Gasteiger charge is 2.47. The fraction of sp³-hybridized carbons (Fsp3) is 0.286. The van der Waals surface area contributed by atoms with Crippen molar-refractivity contribution in [3.8, 4) is 0 Å². The van der Waals surface area contributed by atoms with Crippen LogP contribution in [0.1, 0.15) is 48.1 Å². The smallest absolute Gasteiger partial charge is 0.410 e. The molecule has 1 aliphatic heterocycles. The Morgan fingerprint density at radius 2 is 1.88 bits per heavy atom. The molecule has 2 atom stereocenters. The van der Waals surface area contributed by atoms with Crippen molar-refractivity contribution in [2.24, 2.45) is 0 Å². The van der Waals surface area contributed by atoms with Crippen LogP contribution in [0.15, 0.2) is 53.1 Å². The molecule has 3 heterocycles. The van der Waals surface area contributed by atoms with E-state index in [0.717, 1.165) is 4.68 Å². The van der Waals surface area contributed by atoms with Crippen molar-refractivity contribution >= 4 is 29.0 Å². The Morgan fingerprint density at radius 1 is 1.19 bits per heavy atom. The van der Waals surface area contributed by atoms with Gasteiger partial charge in [0.1, 0.15) is 11.6 Å². The van der Waals surface area contributed by atoms with E-state index >= 15 is 0 Å². The summed E-state index contributed by atoms with van der Waals surface area (Å²) in [5.74, 6) is -0.366. The molecular formula is C21H20F3N5O3.